The zero-order valence-corrected chi connectivity index (χ0v) is 7.31. The summed E-state index contributed by atoms with van der Waals surface area (Å²) in [5.74, 6) is 0.929. The summed E-state index contributed by atoms with van der Waals surface area (Å²) in [6.45, 7) is 3.80. The zero-order valence-electron chi connectivity index (χ0n) is 7.31. The van der Waals surface area contributed by atoms with Gasteiger partial charge in [-0.05, 0) is 25.1 Å². The first kappa shape index (κ1) is 7.78. The molecule has 0 unspecified atom stereocenters. The van der Waals surface area contributed by atoms with Crippen molar-refractivity contribution >= 4 is 0 Å². The first-order chi connectivity index (χ1) is 6.25. The summed E-state index contributed by atoms with van der Waals surface area (Å²) in [4.78, 5) is 8.36. The molecule has 0 aliphatic heterocycles. The summed E-state index contributed by atoms with van der Waals surface area (Å²) in [7, 11) is 0. The first-order valence-corrected chi connectivity index (χ1v) is 3.82. The maximum absolute atomic E-state index is 4.18. The number of tetrazole rings is 1. The van der Waals surface area contributed by atoms with Crippen LogP contribution in [-0.2, 0) is 0 Å². The largest absolute Gasteiger partial charge is 0.241 e. The average Bonchev–Trinajstić information content (AvgIpc) is 2.53. The van der Waals surface area contributed by atoms with Crippen molar-refractivity contribution in [3.8, 4) is 11.6 Å². The van der Waals surface area contributed by atoms with Crippen molar-refractivity contribution in [2.45, 2.75) is 13.8 Å². The fraction of sp³-hybridized carbons (Fsp3) is 0.286. The van der Waals surface area contributed by atoms with Crippen LogP contribution in [0, 0.1) is 13.8 Å². The van der Waals surface area contributed by atoms with E-state index in [4.69, 9.17) is 0 Å². The van der Waals surface area contributed by atoms with Crippen LogP contribution in [0.15, 0.2) is 6.07 Å². The summed E-state index contributed by atoms with van der Waals surface area (Å²) in [6, 6.07) is 1.89. The smallest absolute Gasteiger partial charge is 0.230 e. The Kier molecular flexibility index (Phi) is 1.73. The molecule has 2 heterocycles. The number of hydrogen-bond acceptors (Lipinski definition) is 5. The monoisotopic (exact) mass is 176 g/mol. The number of H-pyrrole nitrogens is 1. The highest BCUT2D eigenvalue weighted by atomic mass is 15.5. The van der Waals surface area contributed by atoms with Gasteiger partial charge in [-0.15, -0.1) is 10.2 Å². The third-order valence-corrected chi connectivity index (χ3v) is 1.53. The third-order valence-electron chi connectivity index (χ3n) is 1.53. The van der Waals surface area contributed by atoms with Gasteiger partial charge in [-0.3, -0.25) is 0 Å². The highest BCUT2D eigenvalue weighted by molar-refractivity contribution is 5.41. The van der Waals surface area contributed by atoms with Gasteiger partial charge in [0.1, 0.15) is 0 Å². The summed E-state index contributed by atoms with van der Waals surface area (Å²) in [5.41, 5.74) is 1.79. The minimum absolute atomic E-state index is 0.423. The van der Waals surface area contributed by atoms with Crippen molar-refractivity contribution in [3.05, 3.63) is 17.5 Å². The summed E-state index contributed by atoms with van der Waals surface area (Å²) in [6.07, 6.45) is 0. The second-order valence-electron chi connectivity index (χ2n) is 2.71. The summed E-state index contributed by atoms with van der Waals surface area (Å²) >= 11 is 0. The topological polar surface area (TPSA) is 80.2 Å². The van der Waals surface area contributed by atoms with Gasteiger partial charge in [-0.1, -0.05) is 0 Å². The molecule has 0 aromatic carbocycles. The van der Waals surface area contributed by atoms with E-state index in [0.717, 1.165) is 11.4 Å². The molecule has 66 valence electrons. The van der Waals surface area contributed by atoms with Gasteiger partial charge in [0, 0.05) is 11.4 Å². The number of nitrogens with one attached hydrogen (secondary N) is 1. The summed E-state index contributed by atoms with van der Waals surface area (Å²) < 4.78 is 0. The van der Waals surface area contributed by atoms with Gasteiger partial charge in [-0.25, -0.2) is 9.97 Å². The summed E-state index contributed by atoms with van der Waals surface area (Å²) in [5, 5.41) is 13.4. The molecule has 6 heteroatoms. The lowest BCUT2D eigenvalue weighted by Gasteiger charge is -1.97. The third kappa shape index (κ3) is 1.51. The standard InChI is InChI=1S/C7H8N6/c1-4-3-5(2)9-6(8-4)7-10-12-13-11-7/h3H,1-2H3,(H,10,11,12,13). The lowest BCUT2D eigenvalue weighted by atomic mass is 10.3. The Balaban J connectivity index is 2.53. The first-order valence-electron chi connectivity index (χ1n) is 3.82. The molecule has 2 rings (SSSR count). The molecular formula is C7H8N6. The Morgan fingerprint density at radius 3 is 2.31 bits per heavy atom. The molecule has 13 heavy (non-hydrogen) atoms. The van der Waals surface area contributed by atoms with Crippen LogP contribution in [0.4, 0.5) is 0 Å². The quantitative estimate of drug-likeness (QED) is 0.674. The van der Waals surface area contributed by atoms with E-state index in [1.54, 1.807) is 0 Å². The Morgan fingerprint density at radius 1 is 1.08 bits per heavy atom. The second-order valence-corrected chi connectivity index (χ2v) is 2.71. The Hall–Kier alpha value is -1.85. The number of aromatic amines is 1. The van der Waals surface area contributed by atoms with Crippen LogP contribution < -0.4 is 0 Å². The number of aryl methyl sites for hydroxylation is 2. The molecule has 0 bridgehead atoms. The molecule has 0 spiro atoms. The van der Waals surface area contributed by atoms with Crippen molar-refractivity contribution in [1.29, 1.82) is 0 Å². The Morgan fingerprint density at radius 2 is 1.77 bits per heavy atom. The fourth-order valence-electron chi connectivity index (χ4n) is 1.08. The number of hydrogen-bond donors (Lipinski definition) is 1. The van der Waals surface area contributed by atoms with E-state index in [2.05, 4.69) is 30.6 Å². The van der Waals surface area contributed by atoms with Crippen LogP contribution in [0.1, 0.15) is 11.4 Å². The van der Waals surface area contributed by atoms with Crippen LogP contribution in [0.2, 0.25) is 0 Å². The van der Waals surface area contributed by atoms with Crippen LogP contribution in [0.5, 0.6) is 0 Å². The Labute approximate surface area is 74.4 Å². The van der Waals surface area contributed by atoms with Gasteiger partial charge < -0.3 is 0 Å². The van der Waals surface area contributed by atoms with Gasteiger partial charge >= 0.3 is 0 Å². The zero-order chi connectivity index (χ0) is 9.26. The van der Waals surface area contributed by atoms with E-state index in [1.807, 2.05) is 19.9 Å². The highest BCUT2D eigenvalue weighted by Gasteiger charge is 2.06. The molecule has 0 amide bonds. The van der Waals surface area contributed by atoms with Crippen molar-refractivity contribution in [3.63, 3.8) is 0 Å². The molecule has 0 saturated carbocycles. The molecule has 0 aliphatic rings. The molecule has 6 nitrogen and oxygen atoms in total. The van der Waals surface area contributed by atoms with Crippen molar-refractivity contribution in [2.24, 2.45) is 0 Å². The fourth-order valence-corrected chi connectivity index (χ4v) is 1.08. The Bertz CT molecular complexity index is 387. The van der Waals surface area contributed by atoms with E-state index in [0.29, 0.717) is 11.6 Å². The van der Waals surface area contributed by atoms with E-state index in [1.165, 1.54) is 0 Å². The number of nitrogens with zero attached hydrogens (tertiary/aromatic N) is 5. The van der Waals surface area contributed by atoms with Crippen molar-refractivity contribution in [1.82, 2.24) is 30.6 Å². The molecule has 0 aliphatic carbocycles. The molecule has 0 atom stereocenters. The lowest BCUT2D eigenvalue weighted by molar-refractivity contribution is 0.881. The lowest BCUT2D eigenvalue weighted by Crippen LogP contribution is -1.95. The number of aromatic nitrogens is 6. The molecule has 0 fully saturated rings. The van der Waals surface area contributed by atoms with E-state index >= 15 is 0 Å². The highest BCUT2D eigenvalue weighted by Crippen LogP contribution is 2.07. The van der Waals surface area contributed by atoms with Gasteiger partial charge in [0.25, 0.3) is 0 Å². The van der Waals surface area contributed by atoms with Crippen molar-refractivity contribution < 1.29 is 0 Å². The van der Waals surface area contributed by atoms with Gasteiger partial charge in [0.2, 0.25) is 11.6 Å². The van der Waals surface area contributed by atoms with Crippen LogP contribution in [0.3, 0.4) is 0 Å². The van der Waals surface area contributed by atoms with E-state index in [-0.39, 0.29) is 0 Å². The molecular weight excluding hydrogens is 168 g/mol. The maximum Gasteiger partial charge on any atom is 0.241 e. The van der Waals surface area contributed by atoms with Gasteiger partial charge in [0.15, 0.2) is 0 Å². The maximum atomic E-state index is 4.18. The molecule has 0 saturated heterocycles. The molecule has 2 aromatic heterocycles. The van der Waals surface area contributed by atoms with Gasteiger partial charge in [0.05, 0.1) is 0 Å². The molecule has 2 aromatic rings. The predicted molar refractivity (Wildman–Crippen MR) is 44.7 cm³/mol. The minimum atomic E-state index is 0.423. The normalized spacial score (nSPS) is 10.3. The minimum Gasteiger partial charge on any atom is -0.230 e. The van der Waals surface area contributed by atoms with Crippen LogP contribution in [0.25, 0.3) is 11.6 Å². The van der Waals surface area contributed by atoms with Gasteiger partial charge in [-0.2, -0.15) is 5.21 Å². The predicted octanol–water partition coefficient (Wildman–Crippen LogP) is 0.274. The molecule has 0 radical (unpaired) electrons. The van der Waals surface area contributed by atoms with Crippen molar-refractivity contribution in [2.75, 3.05) is 0 Å². The average molecular weight is 176 g/mol. The van der Waals surface area contributed by atoms with Crippen LogP contribution >= 0.6 is 0 Å². The van der Waals surface area contributed by atoms with E-state index in [9.17, 15) is 0 Å². The second kappa shape index (κ2) is 2.89. The SMILES string of the molecule is Cc1cc(C)nc(-c2nn[nH]n2)n1. The molecule has 1 N–H and O–H groups in total. The van der Waals surface area contributed by atoms with E-state index < -0.39 is 0 Å². The number of rotatable bonds is 1. The van der Waals surface area contributed by atoms with Crippen LogP contribution in [-0.4, -0.2) is 30.6 Å².